The van der Waals surface area contributed by atoms with E-state index in [0.29, 0.717) is 0 Å². The van der Waals surface area contributed by atoms with Crippen LogP contribution in [0.15, 0.2) is 34.8 Å². The maximum absolute atomic E-state index is 5.92. The maximum Gasteiger partial charge on any atom is 0.0415 e. The first-order valence-electron chi connectivity index (χ1n) is 3.82. The van der Waals surface area contributed by atoms with Gasteiger partial charge in [0.2, 0.25) is 0 Å². The lowest BCUT2D eigenvalue weighted by atomic mass is 10.1. The van der Waals surface area contributed by atoms with E-state index < -0.39 is 0 Å². The van der Waals surface area contributed by atoms with Crippen LogP contribution in [0.25, 0.3) is 10.8 Å². The Kier molecular flexibility index (Phi) is 2.47. The molecule has 2 rings (SSSR count). The van der Waals surface area contributed by atoms with Gasteiger partial charge in [0.1, 0.15) is 0 Å². The summed E-state index contributed by atoms with van der Waals surface area (Å²) >= 11 is 5.76. The largest absolute Gasteiger partial charge is 0.398 e. The van der Waals surface area contributed by atoms with E-state index in [4.69, 9.17) is 5.73 Å². The second-order valence-corrected chi connectivity index (χ2v) is 4.93. The zero-order chi connectivity index (χ0) is 9.42. The van der Waals surface area contributed by atoms with Crippen molar-refractivity contribution < 1.29 is 0 Å². The van der Waals surface area contributed by atoms with E-state index in [2.05, 4.69) is 50.7 Å². The van der Waals surface area contributed by atoms with Gasteiger partial charge < -0.3 is 5.73 Å². The molecule has 3 heteroatoms. The molecule has 0 bridgehead atoms. The Bertz CT molecular complexity index is 468. The van der Waals surface area contributed by atoms with Gasteiger partial charge >= 0.3 is 0 Å². The summed E-state index contributed by atoms with van der Waals surface area (Å²) in [6.07, 6.45) is 0. The first-order valence-corrected chi connectivity index (χ1v) is 5.69. The zero-order valence-corrected chi connectivity index (χ0v) is 10.5. The second kappa shape index (κ2) is 3.46. The summed E-state index contributed by atoms with van der Waals surface area (Å²) < 4.78 is 2.22. The van der Waals surface area contributed by atoms with Crippen molar-refractivity contribution in [1.29, 1.82) is 0 Å². The van der Waals surface area contributed by atoms with E-state index >= 15 is 0 Å². The van der Waals surface area contributed by atoms with E-state index in [0.717, 1.165) is 15.5 Å². The van der Waals surface area contributed by atoms with Gasteiger partial charge in [0.15, 0.2) is 0 Å². The van der Waals surface area contributed by atoms with Crippen LogP contribution in [0.1, 0.15) is 0 Å². The fraction of sp³-hybridized carbons (Fsp3) is 0. The predicted molar refractivity (Wildman–Crippen MR) is 68.8 cm³/mol. The van der Waals surface area contributed by atoms with Gasteiger partial charge in [-0.05, 0) is 46.2 Å². The van der Waals surface area contributed by atoms with Crippen LogP contribution in [-0.4, -0.2) is 0 Å². The fourth-order valence-electron chi connectivity index (χ4n) is 1.38. The van der Waals surface area contributed by atoms with Gasteiger partial charge in [-0.3, -0.25) is 0 Å². The molecular formula is C10H7BrIN. The number of halogens is 2. The molecule has 66 valence electrons. The lowest BCUT2D eigenvalue weighted by Gasteiger charge is -2.04. The molecule has 0 atom stereocenters. The van der Waals surface area contributed by atoms with E-state index in [-0.39, 0.29) is 0 Å². The number of anilines is 1. The molecule has 0 aliphatic rings. The lowest BCUT2D eigenvalue weighted by molar-refractivity contribution is 1.66. The summed E-state index contributed by atoms with van der Waals surface area (Å²) in [4.78, 5) is 0. The highest BCUT2D eigenvalue weighted by atomic mass is 127. The summed E-state index contributed by atoms with van der Waals surface area (Å²) in [5, 5.41) is 2.28. The Labute approximate surface area is 98.6 Å². The Morgan fingerprint density at radius 2 is 2.00 bits per heavy atom. The molecule has 1 nitrogen and oxygen atoms in total. The smallest absolute Gasteiger partial charge is 0.0415 e. The number of nitrogens with two attached hydrogens (primary N) is 1. The first-order chi connectivity index (χ1) is 6.18. The molecule has 0 unspecified atom stereocenters. The zero-order valence-electron chi connectivity index (χ0n) is 6.72. The average Bonchev–Trinajstić information content (AvgIpc) is 2.02. The van der Waals surface area contributed by atoms with E-state index in [9.17, 15) is 0 Å². The topological polar surface area (TPSA) is 26.0 Å². The van der Waals surface area contributed by atoms with Crippen molar-refractivity contribution >= 4 is 55.0 Å². The minimum Gasteiger partial charge on any atom is -0.398 e. The Morgan fingerprint density at radius 1 is 1.23 bits per heavy atom. The van der Waals surface area contributed by atoms with Crippen molar-refractivity contribution in [3.05, 3.63) is 38.4 Å². The van der Waals surface area contributed by atoms with Crippen molar-refractivity contribution in [1.82, 2.24) is 0 Å². The van der Waals surface area contributed by atoms with Crippen LogP contribution in [0.2, 0.25) is 0 Å². The van der Waals surface area contributed by atoms with Gasteiger partial charge in [-0.2, -0.15) is 0 Å². The molecule has 0 aliphatic carbocycles. The van der Waals surface area contributed by atoms with Crippen molar-refractivity contribution in [2.45, 2.75) is 0 Å². The highest BCUT2D eigenvalue weighted by Gasteiger charge is 2.02. The number of rotatable bonds is 0. The van der Waals surface area contributed by atoms with Gasteiger partial charge in [0.25, 0.3) is 0 Å². The quantitative estimate of drug-likeness (QED) is 0.569. The molecule has 0 fully saturated rings. The van der Waals surface area contributed by atoms with Gasteiger partial charge in [-0.25, -0.2) is 0 Å². The molecular weight excluding hydrogens is 341 g/mol. The minimum absolute atomic E-state index is 0.828. The lowest BCUT2D eigenvalue weighted by Crippen LogP contribution is -1.88. The maximum atomic E-state index is 5.92. The minimum atomic E-state index is 0.828. The number of hydrogen-bond acceptors (Lipinski definition) is 1. The highest BCUT2D eigenvalue weighted by Crippen LogP contribution is 2.30. The average molecular weight is 348 g/mol. The van der Waals surface area contributed by atoms with Crippen LogP contribution < -0.4 is 5.73 Å². The highest BCUT2D eigenvalue weighted by molar-refractivity contribution is 14.1. The van der Waals surface area contributed by atoms with Crippen LogP contribution in [0, 0.1) is 3.57 Å². The van der Waals surface area contributed by atoms with Gasteiger partial charge in [0, 0.05) is 19.1 Å². The van der Waals surface area contributed by atoms with Crippen molar-refractivity contribution in [2.24, 2.45) is 0 Å². The number of fused-ring (bicyclic) bond motifs is 1. The number of nitrogen functional groups attached to an aromatic ring is 1. The molecule has 0 amide bonds. The van der Waals surface area contributed by atoms with Gasteiger partial charge in [-0.15, -0.1) is 0 Å². The molecule has 2 aromatic rings. The van der Waals surface area contributed by atoms with E-state index in [1.807, 2.05) is 18.2 Å². The molecule has 13 heavy (non-hydrogen) atoms. The Balaban J connectivity index is 2.94. The molecule has 0 aromatic heterocycles. The fourth-order valence-corrected chi connectivity index (χ4v) is 2.66. The molecule has 0 spiro atoms. The monoisotopic (exact) mass is 347 g/mol. The van der Waals surface area contributed by atoms with Crippen molar-refractivity contribution in [3.63, 3.8) is 0 Å². The summed E-state index contributed by atoms with van der Waals surface area (Å²) in [7, 11) is 0. The van der Waals surface area contributed by atoms with E-state index in [1.54, 1.807) is 0 Å². The van der Waals surface area contributed by atoms with Crippen LogP contribution in [0.3, 0.4) is 0 Å². The Hall–Kier alpha value is -0.290. The van der Waals surface area contributed by atoms with Crippen LogP contribution >= 0.6 is 38.5 Å². The summed E-state index contributed by atoms with van der Waals surface area (Å²) in [6.45, 7) is 0. The standard InChI is InChI=1S/C10H7BrIN/c11-8-3-1-2-6-4-7(12)5-9(13)10(6)8/h1-5H,13H2. The molecule has 0 heterocycles. The molecule has 2 aromatic carbocycles. The third kappa shape index (κ3) is 1.67. The Morgan fingerprint density at radius 3 is 2.77 bits per heavy atom. The molecule has 0 aliphatic heterocycles. The molecule has 0 radical (unpaired) electrons. The third-order valence-corrected chi connectivity index (χ3v) is 3.20. The molecule has 0 saturated heterocycles. The first kappa shape index (κ1) is 9.27. The second-order valence-electron chi connectivity index (χ2n) is 2.83. The molecule has 0 saturated carbocycles. The summed E-state index contributed by atoms with van der Waals surface area (Å²) in [6, 6.07) is 10.2. The SMILES string of the molecule is Nc1cc(I)cc2cccc(Br)c12. The van der Waals surface area contributed by atoms with E-state index in [1.165, 1.54) is 8.96 Å². The van der Waals surface area contributed by atoms with Gasteiger partial charge in [-0.1, -0.05) is 28.1 Å². The normalized spacial score (nSPS) is 10.6. The van der Waals surface area contributed by atoms with Crippen molar-refractivity contribution in [2.75, 3.05) is 5.73 Å². The van der Waals surface area contributed by atoms with Crippen LogP contribution in [-0.2, 0) is 0 Å². The molecule has 2 N–H and O–H groups in total. The number of hydrogen-bond donors (Lipinski definition) is 1. The van der Waals surface area contributed by atoms with Crippen LogP contribution in [0.4, 0.5) is 5.69 Å². The van der Waals surface area contributed by atoms with Crippen LogP contribution in [0.5, 0.6) is 0 Å². The van der Waals surface area contributed by atoms with Gasteiger partial charge in [0.05, 0.1) is 0 Å². The summed E-state index contributed by atoms with van der Waals surface area (Å²) in [5.41, 5.74) is 6.75. The summed E-state index contributed by atoms with van der Waals surface area (Å²) in [5.74, 6) is 0. The third-order valence-electron chi connectivity index (χ3n) is 1.92. The number of benzene rings is 2. The van der Waals surface area contributed by atoms with Crippen molar-refractivity contribution in [3.8, 4) is 0 Å². The predicted octanol–water partition coefficient (Wildman–Crippen LogP) is 3.79.